The summed E-state index contributed by atoms with van der Waals surface area (Å²) in [5, 5.41) is 65.8. The fourth-order valence-electron chi connectivity index (χ4n) is 13.9. The molecule has 0 aliphatic carbocycles. The van der Waals surface area contributed by atoms with Crippen molar-refractivity contribution in [2.24, 2.45) is 23.1 Å². The van der Waals surface area contributed by atoms with Crippen molar-refractivity contribution >= 4 is 187 Å². The topological polar surface area (TPSA) is 664 Å². The number of hydrogen-bond donors (Lipinski definition) is 21. The number of aliphatic carboxylic acids is 2. The first-order chi connectivity index (χ1) is 60.5. The van der Waals surface area contributed by atoms with E-state index in [1.807, 2.05) is 0 Å². The zero-order chi connectivity index (χ0) is 92.6. The lowest BCUT2D eigenvalue weighted by Crippen LogP contribution is -2.61. The highest BCUT2D eigenvalue weighted by molar-refractivity contribution is 7.99. The number of para-hydroxylation sites is 2. The fourth-order valence-corrected chi connectivity index (χ4v) is 17.4. The maximum atomic E-state index is 15.5. The molecule has 47 heteroatoms. The van der Waals surface area contributed by atoms with Gasteiger partial charge in [-0.15, -0.1) is 0 Å². The first kappa shape index (κ1) is 99.9. The first-order valence-electron chi connectivity index (χ1n) is 40.8. The van der Waals surface area contributed by atoms with Gasteiger partial charge in [-0.3, -0.25) is 96.5 Å². The summed E-state index contributed by atoms with van der Waals surface area (Å²) in [6.07, 6.45) is -3.11. The number of thioether (sulfide) groups is 3. The molecule has 3 saturated heterocycles. The summed E-state index contributed by atoms with van der Waals surface area (Å²) in [6.45, 7) is 2.34. The normalized spacial score (nSPS) is 23.4. The predicted octanol–water partition coefficient (Wildman–Crippen LogP) is -3.62. The molecule has 3 aromatic heterocycles. The van der Waals surface area contributed by atoms with Gasteiger partial charge in [-0.05, 0) is 83.7 Å². The fraction of sp³-hybridized carbons (Fsp3) is 0.500. The van der Waals surface area contributed by atoms with E-state index in [1.165, 1.54) is 32.2 Å². The largest absolute Gasteiger partial charge is 0.481 e. The Morgan fingerprint density at radius 3 is 1.49 bits per heavy atom. The second-order valence-corrected chi connectivity index (χ2v) is 35.1. The quantitative estimate of drug-likeness (QED) is 0.0181. The van der Waals surface area contributed by atoms with Crippen LogP contribution in [0.15, 0.2) is 77.8 Å². The smallest absolute Gasteiger partial charge is 0.305 e. The highest BCUT2D eigenvalue weighted by atomic mass is 32.2. The van der Waals surface area contributed by atoms with E-state index in [0.29, 0.717) is 38.5 Å². The Bertz CT molecular complexity index is 4840. The minimum Gasteiger partial charge on any atom is -0.481 e. The number of fused-ring (bicyclic) bond motifs is 9. The molecule has 11 atom stereocenters. The number of H-pyrrole nitrogens is 2. The Kier molecular flexibility index (Phi) is 38.8. The molecule has 3 aliphatic rings. The number of hydrogen-bond acceptors (Lipinski definition) is 24. The third-order valence-electron chi connectivity index (χ3n) is 20.4. The van der Waals surface area contributed by atoms with Gasteiger partial charge in [-0.25, -0.2) is 0 Å². The second kappa shape index (κ2) is 49.4. The van der Waals surface area contributed by atoms with Gasteiger partial charge in [0, 0.05) is 134 Å². The number of amides is 17. The van der Waals surface area contributed by atoms with Crippen molar-refractivity contribution in [1.29, 1.82) is 5.41 Å². The van der Waals surface area contributed by atoms with Gasteiger partial charge in [-0.1, -0.05) is 50.2 Å². The van der Waals surface area contributed by atoms with E-state index < -0.39 is 262 Å². The Morgan fingerprint density at radius 2 is 0.976 bits per heavy atom. The molecule has 0 radical (unpaired) electrons. The van der Waals surface area contributed by atoms with E-state index in [-0.39, 0.29) is 86.7 Å². The van der Waals surface area contributed by atoms with Gasteiger partial charge in [-0.2, -0.15) is 46.6 Å². The number of primary amides is 2. The molecule has 8 rings (SSSR count). The Hall–Kier alpha value is -12.5. The number of aromatic nitrogens is 2. The van der Waals surface area contributed by atoms with Crippen molar-refractivity contribution in [2.75, 3.05) is 67.6 Å². The molecule has 688 valence electrons. The van der Waals surface area contributed by atoms with Crippen molar-refractivity contribution in [3.8, 4) is 0 Å². The lowest BCUT2D eigenvalue weighted by atomic mass is 9.99. The number of aromatic amines is 2. The molecule has 43 nitrogen and oxygen atoms in total. The zero-order valence-corrected chi connectivity index (χ0v) is 73.2. The first-order valence-corrected chi connectivity index (χ1v) is 45.2. The summed E-state index contributed by atoms with van der Waals surface area (Å²) in [5.41, 5.74) is 19.6. The lowest BCUT2D eigenvalue weighted by Gasteiger charge is -2.42. The van der Waals surface area contributed by atoms with Crippen molar-refractivity contribution in [2.45, 2.75) is 177 Å². The summed E-state index contributed by atoms with van der Waals surface area (Å²) in [4.78, 5) is 280. The van der Waals surface area contributed by atoms with E-state index in [9.17, 15) is 82.1 Å². The lowest BCUT2D eigenvalue weighted by molar-refractivity contribution is -0.158. The molecule has 0 unspecified atom stereocenters. The van der Waals surface area contributed by atoms with Crippen LogP contribution in [-0.4, -0.2) is 287 Å². The van der Waals surface area contributed by atoms with Crippen LogP contribution >= 0.6 is 46.6 Å². The minimum atomic E-state index is -2.21. The van der Waals surface area contributed by atoms with Crippen LogP contribution in [-0.2, 0) is 110 Å². The molecule has 2 aromatic carbocycles. The van der Waals surface area contributed by atoms with Crippen LogP contribution in [0.5, 0.6) is 0 Å². The molecule has 3 aliphatic heterocycles. The van der Waals surface area contributed by atoms with E-state index in [1.54, 1.807) is 85.4 Å². The Labute approximate surface area is 745 Å². The van der Waals surface area contributed by atoms with E-state index in [0.717, 1.165) is 42.2 Å². The van der Waals surface area contributed by atoms with Gasteiger partial charge in [0.25, 0.3) is 0 Å². The molecule has 5 aromatic rings. The van der Waals surface area contributed by atoms with Crippen LogP contribution in [0, 0.1) is 11.3 Å². The summed E-state index contributed by atoms with van der Waals surface area (Å²) in [7, 11) is 0. The standard InChI is InChI=1S/C80H108N22O21S4/c1-42(2)27-54-73(117)92-53(15-17-67(109)110)72(116)97-58(31-68(111)112)77(121)99-61-38-127-26-21-66(108)102-40-100(39-101(41-102)65(107)20-25-126-37-60(89-43(3)103)78(122)93-52(14-16-62(81)104)71(115)95-57(76(120)94-54)30-46-33-87-50-12-7-5-10-48(46)50)64(106)19-24-125-36-59(69(82)113)98-74(118)55(28-44-18-23-124-35-44)90-63(105)34-88-70(114)51(13-8-22-85-80(83)84)91-75(119)56(96-79(61)123)29-45-32-86-49-11-6-4-9-47(45)49/h4-7,9-12,18,23,32-33,35,42,51-61,86-87H,8,13-17,19-22,24-31,34,36-41H2,1-3H3,(H2,81,104)(H2,82,113)(H,88,114)(H,89,103)(H,90,105)(H,91,119)(H,92,117)(H,93,122)(H,94,120)(H,95,115)(H,96,123)(H,97,116)(H,98,118)(H,99,121)(H,109,110)(H,111,112)(H4,83,84,85)/t51-,52-,53-,54-,55-,56-,57-,58-,59-,60-,61-/m0/s1. The third kappa shape index (κ3) is 32.1. The van der Waals surface area contributed by atoms with Crippen molar-refractivity contribution in [3.63, 3.8) is 0 Å². The maximum absolute atomic E-state index is 15.5. The van der Waals surface area contributed by atoms with Crippen molar-refractivity contribution < 1.29 is 101 Å². The second-order valence-electron chi connectivity index (χ2n) is 30.9. The zero-order valence-electron chi connectivity index (χ0n) is 70.0. The third-order valence-corrected chi connectivity index (χ3v) is 24.3. The average molecular weight is 1840 g/mol. The minimum absolute atomic E-state index is 0.0194. The average Bonchev–Trinajstić information content (AvgIpc) is 1.66. The summed E-state index contributed by atoms with van der Waals surface area (Å²) < 4.78 is 0. The number of carbonyl (C=O) groups is 19. The van der Waals surface area contributed by atoms with Crippen molar-refractivity contribution in [3.05, 3.63) is 94.4 Å². The van der Waals surface area contributed by atoms with Gasteiger partial charge in [0.1, 0.15) is 66.5 Å². The Balaban J connectivity index is 1.22. The molecule has 6 heterocycles. The molecule has 17 amide bonds. The van der Waals surface area contributed by atoms with Crippen LogP contribution < -0.4 is 86.3 Å². The summed E-state index contributed by atoms with van der Waals surface area (Å²) in [6, 6.07) is -3.27. The van der Waals surface area contributed by atoms with E-state index in [2.05, 4.69) is 79.1 Å². The maximum Gasteiger partial charge on any atom is 0.305 e. The Morgan fingerprint density at radius 1 is 0.512 bits per heavy atom. The van der Waals surface area contributed by atoms with Crippen LogP contribution in [0.3, 0.4) is 0 Å². The van der Waals surface area contributed by atoms with Gasteiger partial charge >= 0.3 is 11.9 Å². The van der Waals surface area contributed by atoms with E-state index >= 15 is 19.2 Å². The van der Waals surface area contributed by atoms with Gasteiger partial charge in [0.15, 0.2) is 5.96 Å². The summed E-state index contributed by atoms with van der Waals surface area (Å²) in [5.74, 6) is -22.1. The van der Waals surface area contributed by atoms with Gasteiger partial charge < -0.3 is 121 Å². The number of carboxylic acids is 2. The highest BCUT2D eigenvalue weighted by Crippen LogP contribution is 2.24. The van der Waals surface area contributed by atoms with Crippen LogP contribution in [0.2, 0.25) is 0 Å². The van der Waals surface area contributed by atoms with E-state index in [4.69, 9.17) is 22.6 Å². The van der Waals surface area contributed by atoms with Gasteiger partial charge in [0.05, 0.1) is 33.0 Å². The number of nitrogens with one attached hydrogen (secondary N) is 16. The molecule has 0 spiro atoms. The van der Waals surface area contributed by atoms with Crippen LogP contribution in [0.4, 0.5) is 0 Å². The number of guanidine groups is 1. The number of carboxylic acid groups (broad SMARTS) is 2. The monoisotopic (exact) mass is 1840 g/mol. The number of thiophene rings is 1. The van der Waals surface area contributed by atoms with Crippen molar-refractivity contribution in [1.82, 2.24) is 93.8 Å². The predicted molar refractivity (Wildman–Crippen MR) is 468 cm³/mol. The molecule has 127 heavy (non-hydrogen) atoms. The number of nitrogens with two attached hydrogens (primary N) is 3. The number of rotatable bonds is 22. The van der Waals surface area contributed by atoms with Crippen LogP contribution in [0.25, 0.3) is 21.8 Å². The SMILES string of the molecule is CC(=O)N[C@H]1CSCCC(=O)N2CN3CN(C2)C(=O)CCSC[C@H](NC(=O)[C@H](CC(=O)O)NC(=O)[C@H](CCC(=O)O)NC(=O)[C@H](CC(C)C)NC(=O)[C@H](Cc2c[nH]c4ccccc24)NC(=O)[C@H](CCC(N)=O)NC1=O)C(=O)N[C@@H](Cc1c[nH]c2ccccc12)C(=O)N[C@@H](CCCNC(=N)N)C(=O)NCC(=O)N[C@@H](Cc1ccsc1)C(=O)N[C@H](C(N)=O)CSCCC3=O. The molecule has 0 saturated carbocycles. The number of benzene rings is 2. The number of carbonyl (C=O) groups excluding carboxylic acids is 17. The summed E-state index contributed by atoms with van der Waals surface area (Å²) >= 11 is 4.14. The molecule has 4 bridgehead atoms. The molecule has 24 N–H and O–H groups in total. The van der Waals surface area contributed by atoms with Crippen LogP contribution in [0.1, 0.15) is 108 Å². The highest BCUT2D eigenvalue weighted by Gasteiger charge is 2.40. The molecular weight excluding hydrogens is 1730 g/mol. The van der Waals surface area contributed by atoms with Gasteiger partial charge in [0.2, 0.25) is 100 Å². The number of nitrogens with zero attached hydrogens (tertiary/aromatic N) is 3. The molecular formula is C80H108N22O21S4. The molecule has 3 fully saturated rings.